The predicted octanol–water partition coefficient (Wildman–Crippen LogP) is 1.30. The van der Waals surface area contributed by atoms with Crippen LogP contribution in [0, 0.1) is 0 Å². The van der Waals surface area contributed by atoms with Gasteiger partial charge in [0.05, 0.1) is 5.60 Å². The van der Waals surface area contributed by atoms with Gasteiger partial charge in [-0.05, 0) is 32.9 Å². The zero-order valence-electron chi connectivity index (χ0n) is 10.9. The molecule has 1 rings (SSSR count). The molecule has 0 aromatic carbocycles. The number of rotatable bonds is 7. The van der Waals surface area contributed by atoms with E-state index >= 15 is 0 Å². The zero-order valence-corrected chi connectivity index (χ0v) is 12.5. The van der Waals surface area contributed by atoms with Gasteiger partial charge in [0.1, 0.15) is 4.21 Å². The van der Waals surface area contributed by atoms with Crippen LogP contribution in [0.3, 0.4) is 0 Å². The van der Waals surface area contributed by atoms with Gasteiger partial charge < -0.3 is 10.5 Å². The molecular formula is C11H20N2O3S2. The Morgan fingerprint density at radius 3 is 2.61 bits per heavy atom. The van der Waals surface area contributed by atoms with Crippen LogP contribution in [0.25, 0.3) is 0 Å². The number of hydrogen-bond donors (Lipinski definition) is 2. The summed E-state index contributed by atoms with van der Waals surface area (Å²) in [5.74, 6) is 0. The number of sulfonamides is 1. The molecule has 0 spiro atoms. The fourth-order valence-electron chi connectivity index (χ4n) is 1.39. The minimum absolute atomic E-state index is 0.235. The molecule has 0 bridgehead atoms. The average Bonchev–Trinajstić information content (AvgIpc) is 2.76. The minimum atomic E-state index is -3.47. The minimum Gasteiger partial charge on any atom is -0.375 e. The fourth-order valence-corrected chi connectivity index (χ4v) is 3.87. The molecule has 1 aromatic rings. The summed E-state index contributed by atoms with van der Waals surface area (Å²) in [6, 6.07) is 3.30. The van der Waals surface area contributed by atoms with Gasteiger partial charge in [-0.1, -0.05) is 0 Å². The first-order valence-corrected chi connectivity index (χ1v) is 8.03. The van der Waals surface area contributed by atoms with Gasteiger partial charge in [-0.2, -0.15) is 0 Å². The number of nitrogens with two attached hydrogens (primary N) is 1. The van der Waals surface area contributed by atoms with E-state index in [0.29, 0.717) is 13.2 Å². The van der Waals surface area contributed by atoms with Crippen LogP contribution in [0.1, 0.15) is 25.6 Å². The van der Waals surface area contributed by atoms with Crippen molar-refractivity contribution >= 4 is 21.4 Å². The molecule has 0 aliphatic rings. The second-order valence-corrected chi connectivity index (χ2v) is 7.60. The highest BCUT2D eigenvalue weighted by atomic mass is 32.2. The number of ether oxygens (including phenoxy) is 1. The largest absolute Gasteiger partial charge is 0.375 e. The second-order valence-electron chi connectivity index (χ2n) is 4.44. The molecule has 0 aliphatic carbocycles. The molecule has 0 radical (unpaired) electrons. The quantitative estimate of drug-likeness (QED) is 0.793. The predicted molar refractivity (Wildman–Crippen MR) is 73.1 cm³/mol. The lowest BCUT2D eigenvalue weighted by Crippen LogP contribution is -2.40. The smallest absolute Gasteiger partial charge is 0.250 e. The average molecular weight is 292 g/mol. The highest BCUT2D eigenvalue weighted by Gasteiger charge is 2.23. The van der Waals surface area contributed by atoms with Crippen LogP contribution in [0.5, 0.6) is 0 Å². The van der Waals surface area contributed by atoms with Crippen LogP contribution >= 0.6 is 11.3 Å². The fraction of sp³-hybridized carbons (Fsp3) is 0.636. The molecule has 0 fully saturated rings. The Balaban J connectivity index is 2.71. The van der Waals surface area contributed by atoms with E-state index in [-0.39, 0.29) is 10.8 Å². The molecule has 3 N–H and O–H groups in total. The van der Waals surface area contributed by atoms with E-state index < -0.39 is 15.6 Å². The summed E-state index contributed by atoms with van der Waals surface area (Å²) in [4.78, 5) is 0.847. The standard InChI is InChI=1S/C11H20N2O3S2/c1-4-16-11(2,3)8-13-18(14,15)10-6-5-9(7-12)17-10/h5-6,13H,4,7-8,12H2,1-3H3. The third kappa shape index (κ3) is 4.33. The summed E-state index contributed by atoms with van der Waals surface area (Å²) in [6.07, 6.45) is 0. The molecule has 0 unspecified atom stereocenters. The van der Waals surface area contributed by atoms with Crippen LogP contribution in [-0.2, 0) is 21.3 Å². The molecule has 5 nitrogen and oxygen atoms in total. The van der Waals surface area contributed by atoms with E-state index in [1.54, 1.807) is 12.1 Å². The third-order valence-corrected chi connectivity index (χ3v) is 5.33. The molecule has 104 valence electrons. The van der Waals surface area contributed by atoms with Gasteiger partial charge in [0.2, 0.25) is 10.0 Å². The van der Waals surface area contributed by atoms with E-state index in [1.165, 1.54) is 11.3 Å². The maximum atomic E-state index is 12.0. The molecule has 7 heteroatoms. The lowest BCUT2D eigenvalue weighted by atomic mass is 10.1. The Hall–Kier alpha value is -0.470. The van der Waals surface area contributed by atoms with E-state index in [9.17, 15) is 8.42 Å². The summed E-state index contributed by atoms with van der Waals surface area (Å²) in [5, 5.41) is 0. The van der Waals surface area contributed by atoms with Gasteiger partial charge in [-0.25, -0.2) is 13.1 Å². The van der Waals surface area contributed by atoms with Crippen molar-refractivity contribution in [3.8, 4) is 0 Å². The van der Waals surface area contributed by atoms with Crippen LogP contribution in [-0.4, -0.2) is 27.2 Å². The first kappa shape index (κ1) is 15.6. The Bertz CT molecular complexity index is 480. The van der Waals surface area contributed by atoms with Gasteiger partial charge in [0, 0.05) is 24.6 Å². The Kier molecular flexibility index (Phi) is 5.30. The molecular weight excluding hydrogens is 272 g/mol. The van der Waals surface area contributed by atoms with Gasteiger partial charge in [0.15, 0.2) is 0 Å². The first-order valence-electron chi connectivity index (χ1n) is 5.73. The molecule has 18 heavy (non-hydrogen) atoms. The number of hydrogen-bond acceptors (Lipinski definition) is 5. The lowest BCUT2D eigenvalue weighted by Gasteiger charge is -2.24. The summed E-state index contributed by atoms with van der Waals surface area (Å²) >= 11 is 1.19. The van der Waals surface area contributed by atoms with Crippen molar-refractivity contribution in [2.75, 3.05) is 13.2 Å². The SMILES string of the molecule is CCOC(C)(C)CNS(=O)(=O)c1ccc(CN)s1. The van der Waals surface area contributed by atoms with Crippen molar-refractivity contribution in [1.29, 1.82) is 0 Å². The van der Waals surface area contributed by atoms with Crippen molar-refractivity contribution < 1.29 is 13.2 Å². The molecule has 1 heterocycles. The van der Waals surface area contributed by atoms with Gasteiger partial charge in [-0.3, -0.25) is 0 Å². The lowest BCUT2D eigenvalue weighted by molar-refractivity contribution is -0.00514. The van der Waals surface area contributed by atoms with Crippen LogP contribution < -0.4 is 10.5 Å². The highest BCUT2D eigenvalue weighted by Crippen LogP contribution is 2.21. The molecule has 0 saturated heterocycles. The third-order valence-electron chi connectivity index (χ3n) is 2.33. The summed E-state index contributed by atoms with van der Waals surface area (Å²) < 4.78 is 32.3. The molecule has 0 saturated carbocycles. The van der Waals surface area contributed by atoms with Crippen LogP contribution in [0.2, 0.25) is 0 Å². The van der Waals surface area contributed by atoms with E-state index in [1.807, 2.05) is 20.8 Å². The van der Waals surface area contributed by atoms with Gasteiger partial charge >= 0.3 is 0 Å². The Morgan fingerprint density at radius 2 is 2.11 bits per heavy atom. The van der Waals surface area contributed by atoms with Crippen molar-refractivity contribution in [3.05, 3.63) is 17.0 Å². The van der Waals surface area contributed by atoms with Crippen LogP contribution in [0.4, 0.5) is 0 Å². The van der Waals surface area contributed by atoms with Crippen molar-refractivity contribution in [2.45, 2.75) is 37.1 Å². The topological polar surface area (TPSA) is 81.4 Å². The van der Waals surface area contributed by atoms with E-state index in [0.717, 1.165) is 4.88 Å². The highest BCUT2D eigenvalue weighted by molar-refractivity contribution is 7.91. The summed E-state index contributed by atoms with van der Waals surface area (Å²) in [5.41, 5.74) is 4.95. The first-order chi connectivity index (χ1) is 8.30. The monoisotopic (exact) mass is 292 g/mol. The summed E-state index contributed by atoms with van der Waals surface area (Å²) in [7, 11) is -3.47. The maximum Gasteiger partial charge on any atom is 0.250 e. The second kappa shape index (κ2) is 6.12. The number of thiophene rings is 1. The molecule has 0 atom stereocenters. The molecule has 0 amide bonds. The normalized spacial score (nSPS) is 12.9. The van der Waals surface area contributed by atoms with Crippen LogP contribution in [0.15, 0.2) is 16.3 Å². The Labute approximate surface area is 112 Å². The zero-order chi connectivity index (χ0) is 13.8. The van der Waals surface area contributed by atoms with Crippen molar-refractivity contribution in [2.24, 2.45) is 5.73 Å². The van der Waals surface area contributed by atoms with Crippen molar-refractivity contribution in [3.63, 3.8) is 0 Å². The van der Waals surface area contributed by atoms with E-state index in [4.69, 9.17) is 10.5 Å². The van der Waals surface area contributed by atoms with Crippen molar-refractivity contribution in [1.82, 2.24) is 4.72 Å². The maximum absolute atomic E-state index is 12.0. The molecule has 1 aromatic heterocycles. The summed E-state index contributed by atoms with van der Waals surface area (Å²) in [6.45, 7) is 6.70. The van der Waals surface area contributed by atoms with Gasteiger partial charge in [-0.15, -0.1) is 11.3 Å². The van der Waals surface area contributed by atoms with Gasteiger partial charge in [0.25, 0.3) is 0 Å². The number of nitrogens with one attached hydrogen (secondary N) is 1. The molecule has 0 aliphatic heterocycles. The Morgan fingerprint density at radius 1 is 1.44 bits per heavy atom. The van der Waals surface area contributed by atoms with E-state index in [2.05, 4.69) is 4.72 Å².